The van der Waals surface area contributed by atoms with Crippen molar-refractivity contribution in [2.24, 2.45) is 0 Å². The van der Waals surface area contributed by atoms with Crippen LogP contribution in [0, 0.1) is 36.0 Å². The Morgan fingerprint density at radius 1 is 1.03 bits per heavy atom. The van der Waals surface area contributed by atoms with Crippen molar-refractivity contribution in [3.05, 3.63) is 56.7 Å². The number of anilines is 1. The molecule has 1 aromatic carbocycles. The Hall–Kier alpha value is -2.77. The monoisotopic (exact) mass is 488 g/mol. The molecule has 0 unspecified atom stereocenters. The van der Waals surface area contributed by atoms with Crippen molar-refractivity contribution >= 4 is 33.2 Å². The second-order valence-electron chi connectivity index (χ2n) is 5.58. The van der Waals surface area contributed by atoms with Crippen molar-refractivity contribution in [3.63, 3.8) is 0 Å². The highest BCUT2D eigenvalue weighted by Gasteiger charge is 2.36. The number of hydrogen-bond acceptors (Lipinski definition) is 3. The first kappa shape index (κ1) is 21.0. The van der Waals surface area contributed by atoms with Gasteiger partial charge in [0.25, 0.3) is 5.91 Å². The standard InChI is InChI=1S/C15H5BrF8N4O/c1-3-2-4(15(22,23)24)28-13(25-3)5(16)11(27-28)14(29)26-12-9(20)7(18)6(17)8(19)10(12)21/h2H,1H3,(H,26,29). The molecule has 0 bridgehead atoms. The Morgan fingerprint density at radius 2 is 1.55 bits per heavy atom. The van der Waals surface area contributed by atoms with Gasteiger partial charge in [-0.1, -0.05) is 0 Å². The number of nitrogens with one attached hydrogen (secondary N) is 1. The molecule has 3 rings (SSSR count). The number of aryl methyl sites for hydroxylation is 1. The Balaban J connectivity index is 2.14. The molecule has 2 aromatic heterocycles. The van der Waals surface area contributed by atoms with Gasteiger partial charge >= 0.3 is 6.18 Å². The maximum atomic E-state index is 13.7. The van der Waals surface area contributed by atoms with Gasteiger partial charge in [0, 0.05) is 5.69 Å². The molecule has 14 heteroatoms. The predicted octanol–water partition coefficient (Wildman–Crippen LogP) is 4.77. The van der Waals surface area contributed by atoms with E-state index in [4.69, 9.17) is 0 Å². The van der Waals surface area contributed by atoms with E-state index in [0.717, 1.165) is 0 Å². The van der Waals surface area contributed by atoms with Crippen LogP contribution in [0.3, 0.4) is 0 Å². The SMILES string of the molecule is Cc1cc(C(F)(F)F)n2nc(C(=O)Nc3c(F)c(F)c(F)c(F)c3F)c(Br)c2n1. The van der Waals surface area contributed by atoms with Crippen molar-refractivity contribution in [2.75, 3.05) is 5.32 Å². The van der Waals surface area contributed by atoms with Gasteiger partial charge < -0.3 is 5.32 Å². The first-order chi connectivity index (χ1) is 13.3. The second kappa shape index (κ2) is 6.93. The van der Waals surface area contributed by atoms with Crippen LogP contribution >= 0.6 is 15.9 Å². The van der Waals surface area contributed by atoms with Crippen LogP contribution in [0.5, 0.6) is 0 Å². The number of rotatable bonds is 2. The number of hydrogen-bond donors (Lipinski definition) is 1. The molecule has 0 aliphatic heterocycles. The van der Waals surface area contributed by atoms with Gasteiger partial charge in [0.15, 0.2) is 34.6 Å². The molecule has 2 heterocycles. The summed E-state index contributed by atoms with van der Waals surface area (Å²) in [5, 5.41) is 4.83. The zero-order valence-corrected chi connectivity index (χ0v) is 15.3. The zero-order valence-electron chi connectivity index (χ0n) is 13.7. The van der Waals surface area contributed by atoms with E-state index >= 15 is 0 Å². The molecule has 5 nitrogen and oxygen atoms in total. The van der Waals surface area contributed by atoms with E-state index in [2.05, 4.69) is 26.0 Å². The molecule has 0 radical (unpaired) electrons. The van der Waals surface area contributed by atoms with E-state index in [1.165, 1.54) is 12.2 Å². The van der Waals surface area contributed by atoms with E-state index < -0.39 is 68.4 Å². The summed E-state index contributed by atoms with van der Waals surface area (Å²) in [6, 6.07) is 0.637. The Labute approximate surface area is 163 Å². The van der Waals surface area contributed by atoms with Crippen LogP contribution in [0.2, 0.25) is 0 Å². The topological polar surface area (TPSA) is 59.3 Å². The van der Waals surface area contributed by atoms with E-state index in [-0.39, 0.29) is 10.2 Å². The summed E-state index contributed by atoms with van der Waals surface area (Å²) in [5.74, 6) is -13.3. The zero-order chi connectivity index (χ0) is 21.8. The molecule has 1 amide bonds. The van der Waals surface area contributed by atoms with Crippen LogP contribution in [-0.4, -0.2) is 20.5 Å². The third kappa shape index (κ3) is 3.41. The summed E-state index contributed by atoms with van der Waals surface area (Å²) in [4.78, 5) is 16.1. The van der Waals surface area contributed by atoms with Crippen LogP contribution in [-0.2, 0) is 6.18 Å². The van der Waals surface area contributed by atoms with Crippen LogP contribution in [0.15, 0.2) is 10.5 Å². The summed E-state index contributed by atoms with van der Waals surface area (Å²) in [6.07, 6.45) is -4.90. The average Bonchev–Trinajstić information content (AvgIpc) is 2.97. The number of alkyl halides is 3. The normalized spacial score (nSPS) is 11.9. The smallest absolute Gasteiger partial charge is 0.315 e. The van der Waals surface area contributed by atoms with Gasteiger partial charge in [0.1, 0.15) is 11.4 Å². The molecule has 0 saturated heterocycles. The molecule has 0 aliphatic rings. The Kier molecular flexibility index (Phi) is 5.01. The van der Waals surface area contributed by atoms with Crippen LogP contribution < -0.4 is 5.32 Å². The third-order valence-corrected chi connectivity index (χ3v) is 4.34. The van der Waals surface area contributed by atoms with Crippen molar-refractivity contribution in [2.45, 2.75) is 13.1 Å². The minimum absolute atomic E-state index is 0.0860. The fourth-order valence-corrected chi connectivity index (χ4v) is 2.86. The highest BCUT2D eigenvalue weighted by molar-refractivity contribution is 9.10. The van der Waals surface area contributed by atoms with Crippen LogP contribution in [0.1, 0.15) is 21.9 Å². The third-order valence-electron chi connectivity index (χ3n) is 3.61. The summed E-state index contributed by atoms with van der Waals surface area (Å²) >= 11 is 2.81. The molecule has 29 heavy (non-hydrogen) atoms. The lowest BCUT2D eigenvalue weighted by molar-refractivity contribution is -0.142. The van der Waals surface area contributed by atoms with E-state index in [0.29, 0.717) is 6.07 Å². The largest absolute Gasteiger partial charge is 0.433 e. The molecule has 0 aliphatic carbocycles. The van der Waals surface area contributed by atoms with Gasteiger partial charge in [-0.2, -0.15) is 18.3 Å². The lowest BCUT2D eigenvalue weighted by atomic mass is 10.2. The second-order valence-corrected chi connectivity index (χ2v) is 6.37. The lowest BCUT2D eigenvalue weighted by Gasteiger charge is -2.09. The number of halogens is 9. The molecule has 154 valence electrons. The number of carbonyl (C=O) groups excluding carboxylic acids is 1. The van der Waals surface area contributed by atoms with Gasteiger partial charge in [0.05, 0.1) is 4.47 Å². The maximum absolute atomic E-state index is 13.7. The number of benzene rings is 1. The Morgan fingerprint density at radius 3 is 2.07 bits per heavy atom. The number of fused-ring (bicyclic) bond motifs is 1. The predicted molar refractivity (Wildman–Crippen MR) is 84.6 cm³/mol. The van der Waals surface area contributed by atoms with Crippen LogP contribution in [0.25, 0.3) is 5.65 Å². The number of nitrogens with zero attached hydrogens (tertiary/aromatic N) is 3. The molecule has 0 spiro atoms. The highest BCUT2D eigenvalue weighted by atomic mass is 79.9. The molecule has 0 atom stereocenters. The van der Waals surface area contributed by atoms with E-state index in [1.54, 1.807) is 0 Å². The molecular formula is C15H5BrF8N4O. The number of carbonyl (C=O) groups is 1. The Bertz CT molecular complexity index is 1140. The fourth-order valence-electron chi connectivity index (χ4n) is 2.35. The van der Waals surface area contributed by atoms with Gasteiger partial charge in [-0.05, 0) is 28.9 Å². The number of amides is 1. The molecule has 0 saturated carbocycles. The van der Waals surface area contributed by atoms with Crippen LogP contribution in [0.4, 0.5) is 40.8 Å². The van der Waals surface area contributed by atoms with Gasteiger partial charge in [0.2, 0.25) is 5.82 Å². The first-order valence-corrected chi connectivity index (χ1v) is 8.09. The fraction of sp³-hybridized carbons (Fsp3) is 0.133. The number of aromatic nitrogens is 3. The van der Waals surface area contributed by atoms with Gasteiger partial charge in [-0.15, -0.1) is 0 Å². The average molecular weight is 489 g/mol. The minimum atomic E-state index is -4.90. The lowest BCUT2D eigenvalue weighted by Crippen LogP contribution is -2.18. The summed E-state index contributed by atoms with van der Waals surface area (Å²) in [6.45, 7) is 1.24. The summed E-state index contributed by atoms with van der Waals surface area (Å²) in [5.41, 5.74) is -4.37. The molecule has 3 aromatic rings. The van der Waals surface area contributed by atoms with Crippen molar-refractivity contribution in [1.29, 1.82) is 0 Å². The van der Waals surface area contributed by atoms with Gasteiger partial charge in [-0.25, -0.2) is 31.5 Å². The molecular weight excluding hydrogens is 484 g/mol. The van der Waals surface area contributed by atoms with Gasteiger partial charge in [-0.3, -0.25) is 4.79 Å². The minimum Gasteiger partial charge on any atom is -0.315 e. The highest BCUT2D eigenvalue weighted by Crippen LogP contribution is 2.33. The van der Waals surface area contributed by atoms with E-state index in [9.17, 15) is 39.9 Å². The summed E-state index contributed by atoms with van der Waals surface area (Å²) < 4.78 is 106. The maximum Gasteiger partial charge on any atom is 0.433 e. The molecule has 1 N–H and O–H groups in total. The molecule has 0 fully saturated rings. The van der Waals surface area contributed by atoms with Crippen molar-refractivity contribution < 1.29 is 39.9 Å². The van der Waals surface area contributed by atoms with Crippen molar-refractivity contribution in [1.82, 2.24) is 14.6 Å². The first-order valence-electron chi connectivity index (χ1n) is 7.30. The van der Waals surface area contributed by atoms with Crippen molar-refractivity contribution in [3.8, 4) is 0 Å². The quantitative estimate of drug-likeness (QED) is 0.321. The summed E-state index contributed by atoms with van der Waals surface area (Å²) in [7, 11) is 0. The van der Waals surface area contributed by atoms with E-state index in [1.807, 2.05) is 0 Å².